The van der Waals surface area contributed by atoms with Crippen LogP contribution in [0.1, 0.15) is 23.7 Å². The summed E-state index contributed by atoms with van der Waals surface area (Å²) < 4.78 is 0. The first-order chi connectivity index (χ1) is 8.74. The summed E-state index contributed by atoms with van der Waals surface area (Å²) in [6.45, 7) is 2.99. The Morgan fingerprint density at radius 1 is 1.33 bits per heavy atom. The quantitative estimate of drug-likeness (QED) is 0.826. The normalized spacial score (nSPS) is 20.9. The first-order valence-corrected chi connectivity index (χ1v) is 5.94. The summed E-state index contributed by atoms with van der Waals surface area (Å²) in [5.41, 5.74) is 3.87. The maximum absolute atomic E-state index is 8.93. The van der Waals surface area contributed by atoms with Gasteiger partial charge in [-0.05, 0) is 36.8 Å². The first-order valence-electron chi connectivity index (χ1n) is 5.94. The van der Waals surface area contributed by atoms with E-state index in [1.165, 1.54) is 5.56 Å². The minimum Gasteiger partial charge on any atom is -0.383 e. The van der Waals surface area contributed by atoms with Crippen LogP contribution in [0.25, 0.3) is 0 Å². The highest BCUT2D eigenvalue weighted by Crippen LogP contribution is 2.40. The number of hydrogen-bond donors (Lipinski definition) is 1. The Morgan fingerprint density at radius 3 is 2.94 bits per heavy atom. The van der Waals surface area contributed by atoms with Gasteiger partial charge < -0.3 is 5.32 Å². The number of hydrogen-bond acceptors (Lipinski definition) is 3. The molecule has 3 heteroatoms. The summed E-state index contributed by atoms with van der Waals surface area (Å²) >= 11 is 0. The van der Waals surface area contributed by atoms with E-state index in [2.05, 4.69) is 29.4 Å². The van der Waals surface area contributed by atoms with Crippen LogP contribution in [0.15, 0.2) is 42.6 Å². The maximum Gasteiger partial charge on any atom is 0.0992 e. The molecule has 1 N–H and O–H groups in total. The molecule has 2 aromatic rings. The Labute approximate surface area is 106 Å². The van der Waals surface area contributed by atoms with Crippen LogP contribution in [0.3, 0.4) is 0 Å². The number of aromatic nitrogens is 1. The predicted molar refractivity (Wildman–Crippen MR) is 70.3 cm³/mol. The number of fused-ring (bicyclic) bond motifs is 1. The second-order valence-corrected chi connectivity index (χ2v) is 4.77. The Hall–Kier alpha value is -2.34. The lowest BCUT2D eigenvalue weighted by atomic mass is 9.81. The number of pyridine rings is 1. The highest BCUT2D eigenvalue weighted by atomic mass is 14.9. The molecule has 88 valence electrons. The van der Waals surface area contributed by atoms with E-state index >= 15 is 0 Å². The zero-order chi connectivity index (χ0) is 12.6. The zero-order valence-corrected chi connectivity index (χ0v) is 10.1. The molecule has 0 aliphatic carbocycles. The van der Waals surface area contributed by atoms with Crippen molar-refractivity contribution in [2.24, 2.45) is 0 Å². The molecule has 0 saturated heterocycles. The summed E-state index contributed by atoms with van der Waals surface area (Å²) in [6, 6.07) is 14.0. The van der Waals surface area contributed by atoms with Crippen LogP contribution < -0.4 is 5.32 Å². The molecule has 1 aliphatic rings. The van der Waals surface area contributed by atoms with Gasteiger partial charge >= 0.3 is 0 Å². The van der Waals surface area contributed by atoms with Gasteiger partial charge in [0.25, 0.3) is 0 Å². The average Bonchev–Trinajstić information content (AvgIpc) is 2.78. The lowest BCUT2D eigenvalue weighted by Gasteiger charge is -2.23. The third-order valence-electron chi connectivity index (χ3n) is 3.61. The molecule has 18 heavy (non-hydrogen) atoms. The molecule has 1 aromatic heterocycles. The van der Waals surface area contributed by atoms with Gasteiger partial charge in [-0.1, -0.05) is 12.1 Å². The van der Waals surface area contributed by atoms with Gasteiger partial charge in [0.05, 0.1) is 22.7 Å². The third kappa shape index (κ3) is 1.46. The molecule has 1 aromatic carbocycles. The van der Waals surface area contributed by atoms with Crippen molar-refractivity contribution in [3.63, 3.8) is 0 Å². The SMILES string of the molecule is CC1(c2ccccn2)CNc2cc(C#N)ccc21. The van der Waals surface area contributed by atoms with Crippen LogP contribution in [0.4, 0.5) is 5.69 Å². The number of nitriles is 1. The molecular formula is C15H13N3. The molecule has 0 spiro atoms. The summed E-state index contributed by atoms with van der Waals surface area (Å²) in [5.74, 6) is 0. The van der Waals surface area contributed by atoms with Gasteiger partial charge in [0, 0.05) is 18.4 Å². The van der Waals surface area contributed by atoms with Gasteiger partial charge in [-0.2, -0.15) is 5.26 Å². The fraction of sp³-hybridized carbons (Fsp3) is 0.200. The molecule has 2 heterocycles. The molecular weight excluding hydrogens is 222 g/mol. The molecule has 3 rings (SSSR count). The lowest BCUT2D eigenvalue weighted by molar-refractivity contribution is 0.612. The van der Waals surface area contributed by atoms with E-state index in [9.17, 15) is 0 Å². The molecule has 0 bridgehead atoms. The van der Waals surface area contributed by atoms with Gasteiger partial charge in [0.15, 0.2) is 0 Å². The van der Waals surface area contributed by atoms with Crippen molar-refractivity contribution >= 4 is 5.69 Å². The summed E-state index contributed by atoms with van der Waals surface area (Å²) in [4.78, 5) is 4.47. The Bertz CT molecular complexity index is 628. The lowest BCUT2D eigenvalue weighted by Crippen LogP contribution is -2.26. The first kappa shape index (κ1) is 10.8. The zero-order valence-electron chi connectivity index (χ0n) is 10.1. The number of nitrogens with zero attached hydrogens (tertiary/aromatic N) is 2. The van der Waals surface area contributed by atoms with E-state index in [1.54, 1.807) is 0 Å². The van der Waals surface area contributed by atoms with Crippen molar-refractivity contribution in [3.8, 4) is 6.07 Å². The smallest absolute Gasteiger partial charge is 0.0992 e. The molecule has 1 aliphatic heterocycles. The highest BCUT2D eigenvalue weighted by molar-refractivity contribution is 5.65. The number of nitrogens with one attached hydrogen (secondary N) is 1. The molecule has 0 fully saturated rings. The van der Waals surface area contributed by atoms with Gasteiger partial charge in [0.2, 0.25) is 0 Å². The Kier molecular flexibility index (Phi) is 2.31. The van der Waals surface area contributed by atoms with E-state index in [0.717, 1.165) is 17.9 Å². The minimum atomic E-state index is -0.120. The van der Waals surface area contributed by atoms with Gasteiger partial charge in [-0.25, -0.2) is 0 Å². The van der Waals surface area contributed by atoms with Crippen molar-refractivity contribution in [3.05, 3.63) is 59.4 Å². The van der Waals surface area contributed by atoms with Crippen molar-refractivity contribution in [1.29, 1.82) is 5.26 Å². The van der Waals surface area contributed by atoms with Gasteiger partial charge in [0.1, 0.15) is 0 Å². The largest absolute Gasteiger partial charge is 0.383 e. The molecule has 0 radical (unpaired) electrons. The van der Waals surface area contributed by atoms with E-state index in [0.29, 0.717) is 5.56 Å². The third-order valence-corrected chi connectivity index (χ3v) is 3.61. The van der Waals surface area contributed by atoms with Crippen LogP contribution in [0, 0.1) is 11.3 Å². The topological polar surface area (TPSA) is 48.7 Å². The Balaban J connectivity index is 2.13. The van der Waals surface area contributed by atoms with E-state index < -0.39 is 0 Å². The summed E-state index contributed by atoms with van der Waals surface area (Å²) in [7, 11) is 0. The Morgan fingerprint density at radius 2 is 2.22 bits per heavy atom. The second kappa shape index (κ2) is 3.85. The van der Waals surface area contributed by atoms with Crippen molar-refractivity contribution in [2.45, 2.75) is 12.3 Å². The van der Waals surface area contributed by atoms with Crippen LogP contribution >= 0.6 is 0 Å². The monoisotopic (exact) mass is 235 g/mol. The number of benzene rings is 1. The predicted octanol–water partition coefficient (Wildman–Crippen LogP) is 2.68. The fourth-order valence-electron chi connectivity index (χ4n) is 2.53. The van der Waals surface area contributed by atoms with Crippen molar-refractivity contribution in [1.82, 2.24) is 4.98 Å². The summed E-state index contributed by atoms with van der Waals surface area (Å²) in [5, 5.41) is 12.3. The molecule has 0 saturated carbocycles. The maximum atomic E-state index is 8.93. The minimum absolute atomic E-state index is 0.120. The van der Waals surface area contributed by atoms with Gasteiger partial charge in [-0.3, -0.25) is 4.98 Å². The van der Waals surface area contributed by atoms with Crippen molar-refractivity contribution in [2.75, 3.05) is 11.9 Å². The van der Waals surface area contributed by atoms with Crippen LogP contribution in [0.2, 0.25) is 0 Å². The number of rotatable bonds is 1. The van der Waals surface area contributed by atoms with E-state index in [1.807, 2.05) is 36.5 Å². The standard InChI is InChI=1S/C15H13N3/c1-15(14-4-2-3-7-17-14)10-18-13-8-11(9-16)5-6-12(13)15/h2-8,18H,10H2,1H3. The van der Waals surface area contributed by atoms with Crippen molar-refractivity contribution < 1.29 is 0 Å². The average molecular weight is 235 g/mol. The molecule has 1 atom stereocenters. The van der Waals surface area contributed by atoms with Gasteiger partial charge in [-0.15, -0.1) is 0 Å². The second-order valence-electron chi connectivity index (χ2n) is 4.77. The summed E-state index contributed by atoms with van der Waals surface area (Å²) in [6.07, 6.45) is 1.82. The van der Waals surface area contributed by atoms with Crippen LogP contribution in [0.5, 0.6) is 0 Å². The fourth-order valence-corrected chi connectivity index (χ4v) is 2.53. The molecule has 0 amide bonds. The highest BCUT2D eigenvalue weighted by Gasteiger charge is 2.37. The number of anilines is 1. The van der Waals surface area contributed by atoms with E-state index in [-0.39, 0.29) is 5.41 Å². The molecule has 1 unspecified atom stereocenters. The van der Waals surface area contributed by atoms with Crippen LogP contribution in [-0.2, 0) is 5.41 Å². The van der Waals surface area contributed by atoms with Crippen LogP contribution in [-0.4, -0.2) is 11.5 Å². The molecule has 3 nitrogen and oxygen atoms in total. The van der Waals surface area contributed by atoms with E-state index in [4.69, 9.17) is 5.26 Å².